The Morgan fingerprint density at radius 2 is 1.96 bits per heavy atom. The molecule has 0 atom stereocenters. The maximum absolute atomic E-state index is 12.8. The van der Waals surface area contributed by atoms with Crippen LogP contribution in [0.3, 0.4) is 0 Å². The molecular formula is C17H13ClF3NOS. The number of ether oxygens (including phenoxy) is 1. The summed E-state index contributed by atoms with van der Waals surface area (Å²) in [5.74, 6) is 0.333. The summed E-state index contributed by atoms with van der Waals surface area (Å²) in [6, 6.07) is 8.16. The Hall–Kier alpha value is -1.79. The Bertz CT molecular complexity index is 905. The fourth-order valence-corrected chi connectivity index (χ4v) is 3.85. The number of rotatable bonds is 3. The molecule has 0 spiro atoms. The minimum atomic E-state index is -4.34. The molecule has 0 unspecified atom stereocenters. The Labute approximate surface area is 145 Å². The van der Waals surface area contributed by atoms with Gasteiger partial charge in [-0.3, -0.25) is 0 Å². The Morgan fingerprint density at radius 1 is 1.21 bits per heavy atom. The van der Waals surface area contributed by atoms with Crippen LogP contribution in [0.1, 0.15) is 20.9 Å². The molecule has 0 fully saturated rings. The fourth-order valence-electron chi connectivity index (χ4n) is 2.57. The third kappa shape index (κ3) is 3.08. The minimum absolute atomic E-state index is 0.236. The normalized spacial score (nSPS) is 11.9. The average molecular weight is 372 g/mol. The van der Waals surface area contributed by atoms with Crippen molar-refractivity contribution in [3.05, 3.63) is 56.2 Å². The van der Waals surface area contributed by atoms with Crippen LogP contribution in [0.2, 0.25) is 5.02 Å². The smallest absolute Gasteiger partial charge is 0.425 e. The van der Waals surface area contributed by atoms with Gasteiger partial charge in [0.2, 0.25) is 5.88 Å². The van der Waals surface area contributed by atoms with Crippen molar-refractivity contribution in [3.8, 4) is 5.88 Å². The lowest BCUT2D eigenvalue weighted by Gasteiger charge is -2.13. The number of aryl methyl sites for hydroxylation is 1. The van der Waals surface area contributed by atoms with Gasteiger partial charge in [-0.2, -0.15) is 13.2 Å². The molecule has 24 heavy (non-hydrogen) atoms. The standard InChI is InChI=1S/C17H13ClF3NOS/c1-9-4-3-5-12-14(9)15(18)11(16(22-12)23-2)8-10-6-7-13(24-10)17(19,20)21/h3-7H,8H2,1-2H3. The largest absolute Gasteiger partial charge is 0.481 e. The highest BCUT2D eigenvalue weighted by Gasteiger charge is 2.32. The second-order valence-corrected chi connectivity index (χ2v) is 6.87. The van der Waals surface area contributed by atoms with Crippen LogP contribution in [0.25, 0.3) is 10.9 Å². The van der Waals surface area contributed by atoms with Gasteiger partial charge in [0.05, 0.1) is 17.6 Å². The fraction of sp³-hybridized carbons (Fsp3) is 0.235. The van der Waals surface area contributed by atoms with Gasteiger partial charge in [-0.1, -0.05) is 23.7 Å². The zero-order valence-corrected chi connectivity index (χ0v) is 14.4. The Balaban J connectivity index is 2.10. The number of aromatic nitrogens is 1. The first-order chi connectivity index (χ1) is 11.3. The second-order valence-electron chi connectivity index (χ2n) is 5.32. The zero-order chi connectivity index (χ0) is 17.5. The molecule has 0 N–H and O–H groups in total. The van der Waals surface area contributed by atoms with Crippen molar-refractivity contribution in [1.29, 1.82) is 0 Å². The summed E-state index contributed by atoms with van der Waals surface area (Å²) < 4.78 is 43.6. The second kappa shape index (κ2) is 6.26. The van der Waals surface area contributed by atoms with E-state index in [2.05, 4.69) is 4.98 Å². The molecule has 126 valence electrons. The van der Waals surface area contributed by atoms with Gasteiger partial charge < -0.3 is 4.74 Å². The van der Waals surface area contributed by atoms with Crippen LogP contribution in [0.5, 0.6) is 5.88 Å². The van der Waals surface area contributed by atoms with E-state index < -0.39 is 11.1 Å². The number of benzene rings is 1. The molecule has 1 aromatic carbocycles. The Kier molecular flexibility index (Phi) is 4.44. The molecule has 0 amide bonds. The van der Waals surface area contributed by atoms with Crippen molar-refractivity contribution in [2.24, 2.45) is 0 Å². The van der Waals surface area contributed by atoms with Crippen molar-refractivity contribution in [3.63, 3.8) is 0 Å². The van der Waals surface area contributed by atoms with Crippen molar-refractivity contribution in [1.82, 2.24) is 4.98 Å². The molecule has 0 aliphatic rings. The zero-order valence-electron chi connectivity index (χ0n) is 12.9. The molecule has 7 heteroatoms. The van der Waals surface area contributed by atoms with Gasteiger partial charge in [-0.25, -0.2) is 4.98 Å². The highest BCUT2D eigenvalue weighted by molar-refractivity contribution is 7.12. The molecule has 2 aromatic heterocycles. The number of nitrogens with zero attached hydrogens (tertiary/aromatic N) is 1. The van der Waals surface area contributed by atoms with E-state index in [-0.39, 0.29) is 6.42 Å². The molecule has 0 saturated heterocycles. The topological polar surface area (TPSA) is 22.1 Å². The van der Waals surface area contributed by atoms with Gasteiger partial charge in [-0.15, -0.1) is 11.3 Å². The quantitative estimate of drug-likeness (QED) is 0.574. The van der Waals surface area contributed by atoms with Gasteiger partial charge >= 0.3 is 6.18 Å². The summed E-state index contributed by atoms with van der Waals surface area (Å²) in [7, 11) is 1.47. The molecule has 0 aliphatic carbocycles. The molecule has 2 heterocycles. The molecule has 0 saturated carbocycles. The molecule has 0 bridgehead atoms. The van der Waals surface area contributed by atoms with E-state index in [1.54, 1.807) is 0 Å². The first-order valence-corrected chi connectivity index (χ1v) is 8.28. The summed E-state index contributed by atoms with van der Waals surface area (Å²) >= 11 is 7.24. The lowest BCUT2D eigenvalue weighted by Crippen LogP contribution is -2.01. The number of halogens is 4. The van der Waals surface area contributed by atoms with Gasteiger partial charge in [0, 0.05) is 22.2 Å². The molecule has 0 aliphatic heterocycles. The monoisotopic (exact) mass is 371 g/mol. The number of thiophene rings is 1. The van der Waals surface area contributed by atoms with Crippen LogP contribution < -0.4 is 4.74 Å². The van der Waals surface area contributed by atoms with E-state index in [1.165, 1.54) is 13.2 Å². The lowest BCUT2D eigenvalue weighted by molar-refractivity contribution is -0.134. The van der Waals surface area contributed by atoms with Crippen molar-refractivity contribution in [2.45, 2.75) is 19.5 Å². The summed E-state index contributed by atoms with van der Waals surface area (Å²) in [6.07, 6.45) is -4.10. The summed E-state index contributed by atoms with van der Waals surface area (Å²) in [6.45, 7) is 1.92. The van der Waals surface area contributed by atoms with Crippen LogP contribution in [-0.2, 0) is 12.6 Å². The Morgan fingerprint density at radius 3 is 2.58 bits per heavy atom. The van der Waals surface area contributed by atoms with E-state index in [4.69, 9.17) is 16.3 Å². The van der Waals surface area contributed by atoms with Gasteiger partial charge in [0.1, 0.15) is 4.88 Å². The van der Waals surface area contributed by atoms with Crippen LogP contribution in [0.4, 0.5) is 13.2 Å². The van der Waals surface area contributed by atoms with Gasteiger partial charge in [0.25, 0.3) is 0 Å². The van der Waals surface area contributed by atoms with Crippen LogP contribution in [-0.4, -0.2) is 12.1 Å². The molecule has 0 radical (unpaired) electrons. The predicted octanol–water partition coefficient (Wildman–Crippen LogP) is 5.88. The third-order valence-corrected chi connectivity index (χ3v) is 5.25. The average Bonchev–Trinajstić information content (AvgIpc) is 2.98. The maximum Gasteiger partial charge on any atom is 0.425 e. The van der Waals surface area contributed by atoms with E-state index >= 15 is 0 Å². The highest BCUT2D eigenvalue weighted by Crippen LogP contribution is 2.39. The number of alkyl halides is 3. The third-order valence-electron chi connectivity index (χ3n) is 3.70. The molecule has 3 rings (SSSR count). The van der Waals surface area contributed by atoms with Crippen LogP contribution >= 0.6 is 22.9 Å². The summed E-state index contributed by atoms with van der Waals surface area (Å²) in [5, 5.41) is 1.26. The lowest BCUT2D eigenvalue weighted by atomic mass is 10.0. The van der Waals surface area contributed by atoms with Crippen LogP contribution in [0.15, 0.2) is 30.3 Å². The number of pyridine rings is 1. The van der Waals surface area contributed by atoms with Crippen molar-refractivity contribution >= 4 is 33.8 Å². The first kappa shape index (κ1) is 17.0. The molecular weight excluding hydrogens is 359 g/mol. The van der Waals surface area contributed by atoms with Crippen molar-refractivity contribution in [2.75, 3.05) is 7.11 Å². The number of fused-ring (bicyclic) bond motifs is 1. The van der Waals surface area contributed by atoms with E-state index in [9.17, 15) is 13.2 Å². The summed E-state index contributed by atoms with van der Waals surface area (Å²) in [5.41, 5.74) is 2.25. The molecule has 3 aromatic rings. The number of methoxy groups -OCH3 is 1. The van der Waals surface area contributed by atoms with E-state index in [1.807, 2.05) is 25.1 Å². The number of hydrogen-bond donors (Lipinski definition) is 0. The maximum atomic E-state index is 12.8. The van der Waals surface area contributed by atoms with Crippen LogP contribution in [0, 0.1) is 6.92 Å². The van der Waals surface area contributed by atoms with E-state index in [0.29, 0.717) is 38.2 Å². The highest BCUT2D eigenvalue weighted by atomic mass is 35.5. The van der Waals surface area contributed by atoms with E-state index in [0.717, 1.165) is 17.0 Å². The first-order valence-electron chi connectivity index (χ1n) is 7.09. The van der Waals surface area contributed by atoms with Crippen molar-refractivity contribution < 1.29 is 17.9 Å². The SMILES string of the molecule is COc1nc2cccc(C)c2c(Cl)c1Cc1ccc(C(F)(F)F)s1. The summed E-state index contributed by atoms with van der Waals surface area (Å²) in [4.78, 5) is 4.37. The number of hydrogen-bond acceptors (Lipinski definition) is 3. The predicted molar refractivity (Wildman–Crippen MR) is 90.2 cm³/mol. The van der Waals surface area contributed by atoms with Gasteiger partial charge in [0.15, 0.2) is 0 Å². The minimum Gasteiger partial charge on any atom is -0.481 e. The van der Waals surface area contributed by atoms with Gasteiger partial charge in [-0.05, 0) is 30.7 Å². The molecule has 2 nitrogen and oxygen atoms in total.